The molecule has 7 heteroatoms. The number of fused-ring (bicyclic) bond motifs is 1. The Hall–Kier alpha value is -1.50. The standard InChI is InChI=1S/C15H16ClN5S/c16-14-12-7-17-6-11(13(12)19-20-14)9-21-4-1-2-10(8-21)15-18-3-5-22-15/h3,5-7,10H,1-2,4,8-9H2,(H,19,20). The maximum absolute atomic E-state index is 6.10. The number of piperidine rings is 1. The molecule has 0 amide bonds. The van der Waals surface area contributed by atoms with Gasteiger partial charge in [-0.25, -0.2) is 4.98 Å². The molecule has 4 heterocycles. The van der Waals surface area contributed by atoms with Crippen LogP contribution in [0.25, 0.3) is 10.9 Å². The molecular formula is C15H16ClN5S. The van der Waals surface area contributed by atoms with Gasteiger partial charge < -0.3 is 0 Å². The predicted molar refractivity (Wildman–Crippen MR) is 88.3 cm³/mol. The molecule has 1 atom stereocenters. The molecule has 114 valence electrons. The fourth-order valence-electron chi connectivity index (χ4n) is 3.15. The van der Waals surface area contributed by atoms with E-state index < -0.39 is 0 Å². The summed E-state index contributed by atoms with van der Waals surface area (Å²) >= 11 is 7.86. The van der Waals surface area contributed by atoms with E-state index in [9.17, 15) is 0 Å². The number of hydrogen-bond donors (Lipinski definition) is 1. The van der Waals surface area contributed by atoms with Gasteiger partial charge >= 0.3 is 0 Å². The van der Waals surface area contributed by atoms with Crippen LogP contribution < -0.4 is 0 Å². The summed E-state index contributed by atoms with van der Waals surface area (Å²) in [7, 11) is 0. The van der Waals surface area contributed by atoms with E-state index in [1.54, 1.807) is 17.5 Å². The average molecular weight is 334 g/mol. The van der Waals surface area contributed by atoms with Gasteiger partial charge in [-0.05, 0) is 19.4 Å². The first-order valence-electron chi connectivity index (χ1n) is 7.39. The Balaban J connectivity index is 1.55. The highest BCUT2D eigenvalue weighted by Crippen LogP contribution is 2.30. The van der Waals surface area contributed by atoms with Crippen molar-refractivity contribution in [2.24, 2.45) is 0 Å². The average Bonchev–Trinajstić information content (AvgIpc) is 3.19. The molecule has 0 aromatic carbocycles. The van der Waals surface area contributed by atoms with Crippen molar-refractivity contribution in [3.63, 3.8) is 0 Å². The lowest BCUT2D eigenvalue weighted by Crippen LogP contribution is -2.33. The molecule has 1 N–H and O–H groups in total. The zero-order valence-electron chi connectivity index (χ0n) is 12.0. The number of hydrogen-bond acceptors (Lipinski definition) is 5. The SMILES string of the molecule is Clc1[nH]nc2c(CN3CCCC(c4nccs4)C3)cncc12. The van der Waals surface area contributed by atoms with E-state index in [0.717, 1.165) is 36.1 Å². The van der Waals surface area contributed by atoms with Crippen LogP contribution in [0.2, 0.25) is 5.15 Å². The largest absolute Gasteiger partial charge is 0.298 e. The van der Waals surface area contributed by atoms with Crippen LogP contribution in [-0.2, 0) is 6.54 Å². The topological polar surface area (TPSA) is 57.7 Å². The molecule has 0 bridgehead atoms. The Bertz CT molecular complexity index is 769. The van der Waals surface area contributed by atoms with Crippen LogP contribution in [0.4, 0.5) is 0 Å². The molecule has 0 saturated carbocycles. The predicted octanol–water partition coefficient (Wildman–Crippen LogP) is 3.45. The van der Waals surface area contributed by atoms with E-state index in [2.05, 4.69) is 30.4 Å². The first-order chi connectivity index (χ1) is 10.8. The Morgan fingerprint density at radius 2 is 2.36 bits per heavy atom. The molecule has 22 heavy (non-hydrogen) atoms. The van der Waals surface area contributed by atoms with E-state index in [1.807, 2.05) is 12.4 Å². The van der Waals surface area contributed by atoms with E-state index >= 15 is 0 Å². The zero-order valence-corrected chi connectivity index (χ0v) is 13.6. The number of pyridine rings is 1. The molecule has 1 aliphatic heterocycles. The summed E-state index contributed by atoms with van der Waals surface area (Å²) in [5.74, 6) is 0.545. The van der Waals surface area contributed by atoms with Crippen LogP contribution in [0.15, 0.2) is 24.0 Å². The third kappa shape index (κ3) is 2.62. The van der Waals surface area contributed by atoms with E-state index in [1.165, 1.54) is 17.8 Å². The van der Waals surface area contributed by atoms with E-state index in [-0.39, 0.29) is 0 Å². The molecule has 1 fully saturated rings. The smallest absolute Gasteiger partial charge is 0.133 e. The molecule has 0 spiro atoms. The third-order valence-corrected chi connectivity index (χ3v) is 5.42. The van der Waals surface area contributed by atoms with Crippen molar-refractivity contribution in [2.45, 2.75) is 25.3 Å². The normalized spacial score (nSPS) is 19.8. The second kappa shape index (κ2) is 5.95. The minimum absolute atomic E-state index is 0.545. The van der Waals surface area contributed by atoms with Gasteiger partial charge in [-0.3, -0.25) is 15.0 Å². The Kier molecular flexibility index (Phi) is 3.82. The monoisotopic (exact) mass is 333 g/mol. The quantitative estimate of drug-likeness (QED) is 0.797. The number of rotatable bonds is 3. The van der Waals surface area contributed by atoms with Crippen molar-refractivity contribution >= 4 is 33.8 Å². The summed E-state index contributed by atoms with van der Waals surface area (Å²) in [6, 6.07) is 0. The first kappa shape index (κ1) is 14.1. The van der Waals surface area contributed by atoms with E-state index in [4.69, 9.17) is 11.6 Å². The fourth-order valence-corrected chi connectivity index (χ4v) is 4.10. The Morgan fingerprint density at radius 3 is 3.23 bits per heavy atom. The summed E-state index contributed by atoms with van der Waals surface area (Å²) in [5.41, 5.74) is 2.05. The van der Waals surface area contributed by atoms with Gasteiger partial charge in [-0.1, -0.05) is 11.6 Å². The van der Waals surface area contributed by atoms with Crippen molar-refractivity contribution in [1.29, 1.82) is 0 Å². The van der Waals surface area contributed by atoms with Gasteiger partial charge in [0.2, 0.25) is 0 Å². The number of aromatic amines is 1. The molecule has 1 aliphatic rings. The minimum atomic E-state index is 0.545. The van der Waals surface area contributed by atoms with Crippen LogP contribution in [0, 0.1) is 0 Å². The highest BCUT2D eigenvalue weighted by molar-refractivity contribution is 7.09. The maximum atomic E-state index is 6.10. The van der Waals surface area contributed by atoms with Gasteiger partial charge in [-0.2, -0.15) is 5.10 Å². The number of thiazole rings is 1. The van der Waals surface area contributed by atoms with Gasteiger partial charge in [-0.15, -0.1) is 11.3 Å². The highest BCUT2D eigenvalue weighted by Gasteiger charge is 2.23. The summed E-state index contributed by atoms with van der Waals surface area (Å²) in [5, 5.41) is 11.9. The number of nitrogens with one attached hydrogen (secondary N) is 1. The van der Waals surface area contributed by atoms with Crippen molar-refractivity contribution in [1.82, 2.24) is 25.1 Å². The van der Waals surface area contributed by atoms with Crippen molar-refractivity contribution in [2.75, 3.05) is 13.1 Å². The minimum Gasteiger partial charge on any atom is -0.298 e. The molecule has 1 unspecified atom stereocenters. The molecular weight excluding hydrogens is 318 g/mol. The molecule has 0 aliphatic carbocycles. The Morgan fingerprint density at radius 1 is 1.41 bits per heavy atom. The summed E-state index contributed by atoms with van der Waals surface area (Å²) in [4.78, 5) is 11.2. The van der Waals surface area contributed by atoms with Crippen LogP contribution in [-0.4, -0.2) is 38.2 Å². The highest BCUT2D eigenvalue weighted by atomic mass is 35.5. The van der Waals surface area contributed by atoms with Crippen molar-refractivity contribution < 1.29 is 0 Å². The molecule has 3 aromatic heterocycles. The molecule has 4 rings (SSSR count). The number of likely N-dealkylation sites (tertiary alicyclic amines) is 1. The number of halogens is 1. The molecule has 0 radical (unpaired) electrons. The van der Waals surface area contributed by atoms with Crippen LogP contribution >= 0.6 is 22.9 Å². The Labute approximate surface area is 137 Å². The van der Waals surface area contributed by atoms with Gasteiger partial charge in [0.15, 0.2) is 0 Å². The van der Waals surface area contributed by atoms with Crippen LogP contribution in [0.5, 0.6) is 0 Å². The number of nitrogens with zero attached hydrogens (tertiary/aromatic N) is 4. The summed E-state index contributed by atoms with van der Waals surface area (Å²) in [6.45, 7) is 3.01. The lowest BCUT2D eigenvalue weighted by atomic mass is 9.98. The summed E-state index contributed by atoms with van der Waals surface area (Å²) < 4.78 is 0. The van der Waals surface area contributed by atoms with E-state index in [0.29, 0.717) is 11.1 Å². The number of H-pyrrole nitrogens is 1. The summed E-state index contributed by atoms with van der Waals surface area (Å²) in [6.07, 6.45) is 7.98. The van der Waals surface area contributed by atoms with Crippen molar-refractivity contribution in [3.05, 3.63) is 39.7 Å². The lowest BCUT2D eigenvalue weighted by Gasteiger charge is -2.31. The molecule has 3 aromatic rings. The van der Waals surface area contributed by atoms with Crippen LogP contribution in [0.3, 0.4) is 0 Å². The lowest BCUT2D eigenvalue weighted by molar-refractivity contribution is 0.200. The van der Waals surface area contributed by atoms with Crippen LogP contribution in [0.1, 0.15) is 29.3 Å². The fraction of sp³-hybridized carbons (Fsp3) is 0.400. The molecule has 5 nitrogen and oxygen atoms in total. The molecule has 1 saturated heterocycles. The zero-order chi connectivity index (χ0) is 14.9. The van der Waals surface area contributed by atoms with Crippen molar-refractivity contribution in [3.8, 4) is 0 Å². The third-order valence-electron chi connectivity index (χ3n) is 4.20. The second-order valence-electron chi connectivity index (χ2n) is 5.68. The maximum Gasteiger partial charge on any atom is 0.133 e. The van der Waals surface area contributed by atoms with Gasteiger partial charge in [0, 0.05) is 48.5 Å². The number of aromatic nitrogens is 4. The van der Waals surface area contributed by atoms with Gasteiger partial charge in [0.1, 0.15) is 10.7 Å². The second-order valence-corrected chi connectivity index (χ2v) is 6.98. The first-order valence-corrected chi connectivity index (χ1v) is 8.65. The van der Waals surface area contributed by atoms with Gasteiger partial charge in [0.25, 0.3) is 0 Å². The van der Waals surface area contributed by atoms with Gasteiger partial charge in [0.05, 0.1) is 10.4 Å².